The summed E-state index contributed by atoms with van der Waals surface area (Å²) in [6, 6.07) is 7.99. The fourth-order valence-electron chi connectivity index (χ4n) is 2.97. The first-order valence-electron chi connectivity index (χ1n) is 8.70. The Balaban J connectivity index is 2.18. The van der Waals surface area contributed by atoms with E-state index in [-0.39, 0.29) is 24.2 Å². The van der Waals surface area contributed by atoms with E-state index in [4.69, 9.17) is 5.73 Å². The summed E-state index contributed by atoms with van der Waals surface area (Å²) in [5.74, 6) is -0.0369. The van der Waals surface area contributed by atoms with Crippen molar-refractivity contribution in [2.45, 2.75) is 52.0 Å². The first kappa shape index (κ1) is 18.5. The van der Waals surface area contributed by atoms with Crippen molar-refractivity contribution in [3.63, 3.8) is 0 Å². The second-order valence-electron chi connectivity index (χ2n) is 7.35. The number of rotatable bonds is 6. The number of amides is 2. The number of para-hydroxylation sites is 1. The Kier molecular flexibility index (Phi) is 5.65. The largest absolute Gasteiger partial charge is 0.350 e. The highest BCUT2D eigenvalue weighted by atomic mass is 16.2. The van der Waals surface area contributed by atoms with Crippen LogP contribution in [-0.2, 0) is 9.59 Å². The second-order valence-corrected chi connectivity index (χ2v) is 7.35. The number of nitrogens with one attached hydrogen (secondary N) is 1. The summed E-state index contributed by atoms with van der Waals surface area (Å²) >= 11 is 0. The molecule has 2 amide bonds. The van der Waals surface area contributed by atoms with Gasteiger partial charge in [-0.3, -0.25) is 9.59 Å². The molecule has 1 saturated heterocycles. The maximum Gasteiger partial charge on any atom is 0.227 e. The van der Waals surface area contributed by atoms with E-state index in [0.29, 0.717) is 19.0 Å². The van der Waals surface area contributed by atoms with Crippen molar-refractivity contribution in [1.82, 2.24) is 5.32 Å². The van der Waals surface area contributed by atoms with Gasteiger partial charge in [-0.1, -0.05) is 32.0 Å². The predicted molar refractivity (Wildman–Crippen MR) is 96.9 cm³/mol. The van der Waals surface area contributed by atoms with E-state index in [0.717, 1.165) is 17.7 Å². The van der Waals surface area contributed by atoms with E-state index in [1.807, 2.05) is 32.0 Å². The first-order chi connectivity index (χ1) is 11.3. The normalized spacial score (nSPS) is 19.5. The van der Waals surface area contributed by atoms with Gasteiger partial charge in [-0.15, -0.1) is 0 Å². The van der Waals surface area contributed by atoms with E-state index in [1.54, 1.807) is 4.90 Å². The topological polar surface area (TPSA) is 75.4 Å². The van der Waals surface area contributed by atoms with Crippen LogP contribution >= 0.6 is 0 Å². The van der Waals surface area contributed by atoms with Crippen LogP contribution in [0.25, 0.3) is 0 Å². The summed E-state index contributed by atoms with van der Waals surface area (Å²) in [6.07, 6.45) is 1.26. The molecule has 1 aromatic rings. The lowest BCUT2D eigenvalue weighted by Crippen LogP contribution is -2.51. The Bertz CT molecular complexity index is 612. The van der Waals surface area contributed by atoms with Gasteiger partial charge in [-0.2, -0.15) is 0 Å². The monoisotopic (exact) mass is 331 g/mol. The lowest BCUT2D eigenvalue weighted by atomic mass is 9.96. The van der Waals surface area contributed by atoms with Crippen LogP contribution in [0.3, 0.4) is 0 Å². The Morgan fingerprint density at radius 1 is 1.42 bits per heavy atom. The minimum Gasteiger partial charge on any atom is -0.350 e. The van der Waals surface area contributed by atoms with E-state index < -0.39 is 5.54 Å². The Morgan fingerprint density at radius 3 is 2.71 bits per heavy atom. The average Bonchev–Trinajstić information content (AvgIpc) is 2.95. The molecule has 1 aliphatic rings. The van der Waals surface area contributed by atoms with Gasteiger partial charge < -0.3 is 16.0 Å². The molecule has 1 aromatic carbocycles. The van der Waals surface area contributed by atoms with Crippen LogP contribution in [0.15, 0.2) is 24.3 Å². The van der Waals surface area contributed by atoms with E-state index in [2.05, 4.69) is 25.2 Å². The lowest BCUT2D eigenvalue weighted by Gasteiger charge is -2.26. The van der Waals surface area contributed by atoms with Crippen LogP contribution in [0.1, 0.15) is 52.0 Å². The van der Waals surface area contributed by atoms with Gasteiger partial charge in [0.2, 0.25) is 11.8 Å². The van der Waals surface area contributed by atoms with Gasteiger partial charge in [-0.05, 0) is 37.8 Å². The number of hydrogen-bond donors (Lipinski definition) is 2. The molecule has 0 aromatic heterocycles. The molecule has 5 nitrogen and oxygen atoms in total. The highest BCUT2D eigenvalue weighted by Gasteiger charge is 2.37. The SMILES string of the molecule is CCC(C)c1ccccc1N1CC(C(=O)NC(C)(C)CN)CC1=O. The maximum atomic E-state index is 12.5. The number of benzene rings is 1. The molecule has 2 atom stereocenters. The van der Waals surface area contributed by atoms with Crippen molar-refractivity contribution in [3.05, 3.63) is 29.8 Å². The lowest BCUT2D eigenvalue weighted by molar-refractivity contribution is -0.127. The molecule has 2 rings (SSSR count). The van der Waals surface area contributed by atoms with Gasteiger partial charge in [-0.25, -0.2) is 0 Å². The fourth-order valence-corrected chi connectivity index (χ4v) is 2.97. The average molecular weight is 331 g/mol. The zero-order valence-electron chi connectivity index (χ0n) is 15.1. The molecule has 0 aliphatic carbocycles. The molecule has 24 heavy (non-hydrogen) atoms. The molecule has 0 bridgehead atoms. The predicted octanol–water partition coefficient (Wildman–Crippen LogP) is 2.41. The summed E-state index contributed by atoms with van der Waals surface area (Å²) in [7, 11) is 0. The molecule has 0 radical (unpaired) electrons. The molecule has 1 aliphatic heterocycles. The number of anilines is 1. The Morgan fingerprint density at radius 2 is 2.08 bits per heavy atom. The summed E-state index contributed by atoms with van der Waals surface area (Å²) in [4.78, 5) is 26.7. The van der Waals surface area contributed by atoms with Crippen LogP contribution in [0.2, 0.25) is 0 Å². The van der Waals surface area contributed by atoms with Crippen molar-refractivity contribution in [2.75, 3.05) is 18.0 Å². The molecule has 0 saturated carbocycles. The van der Waals surface area contributed by atoms with Crippen LogP contribution < -0.4 is 16.0 Å². The van der Waals surface area contributed by atoms with Crippen LogP contribution in [0.5, 0.6) is 0 Å². The van der Waals surface area contributed by atoms with Crippen molar-refractivity contribution in [2.24, 2.45) is 11.7 Å². The van der Waals surface area contributed by atoms with Crippen molar-refractivity contribution >= 4 is 17.5 Å². The first-order valence-corrected chi connectivity index (χ1v) is 8.70. The van der Waals surface area contributed by atoms with Gasteiger partial charge >= 0.3 is 0 Å². The standard InChI is InChI=1S/C19H29N3O2/c1-5-13(2)15-8-6-7-9-16(15)22-11-14(10-17(22)23)18(24)21-19(3,4)12-20/h6-9,13-14H,5,10-12,20H2,1-4H3,(H,21,24). The quantitative estimate of drug-likeness (QED) is 0.840. The van der Waals surface area contributed by atoms with Gasteiger partial charge in [0.25, 0.3) is 0 Å². The maximum absolute atomic E-state index is 12.5. The molecule has 5 heteroatoms. The van der Waals surface area contributed by atoms with Crippen molar-refractivity contribution in [1.29, 1.82) is 0 Å². The van der Waals surface area contributed by atoms with Crippen LogP contribution in [0.4, 0.5) is 5.69 Å². The molecular formula is C19H29N3O2. The van der Waals surface area contributed by atoms with E-state index >= 15 is 0 Å². The highest BCUT2D eigenvalue weighted by Crippen LogP contribution is 2.33. The van der Waals surface area contributed by atoms with Crippen molar-refractivity contribution in [3.8, 4) is 0 Å². The van der Waals surface area contributed by atoms with E-state index in [9.17, 15) is 9.59 Å². The molecule has 3 N–H and O–H groups in total. The number of nitrogens with zero attached hydrogens (tertiary/aromatic N) is 1. The number of carbonyl (C=O) groups excluding carboxylic acids is 2. The minimum absolute atomic E-state index is 0.0106. The highest BCUT2D eigenvalue weighted by molar-refractivity contribution is 6.01. The number of nitrogens with two attached hydrogens (primary N) is 1. The molecule has 1 heterocycles. The third kappa shape index (κ3) is 3.96. The molecule has 1 fully saturated rings. The third-order valence-corrected chi connectivity index (χ3v) is 4.84. The Hall–Kier alpha value is -1.88. The number of carbonyl (C=O) groups is 2. The zero-order valence-corrected chi connectivity index (χ0v) is 15.1. The Labute approximate surface area is 144 Å². The van der Waals surface area contributed by atoms with Gasteiger partial charge in [0.05, 0.1) is 5.92 Å². The summed E-state index contributed by atoms with van der Waals surface area (Å²) < 4.78 is 0. The molecular weight excluding hydrogens is 302 g/mol. The molecule has 2 unspecified atom stereocenters. The third-order valence-electron chi connectivity index (χ3n) is 4.84. The fraction of sp³-hybridized carbons (Fsp3) is 0.579. The van der Waals surface area contributed by atoms with Gasteiger partial charge in [0.15, 0.2) is 0 Å². The minimum atomic E-state index is -0.456. The van der Waals surface area contributed by atoms with Gasteiger partial charge in [0, 0.05) is 30.7 Å². The second kappa shape index (κ2) is 7.34. The zero-order chi connectivity index (χ0) is 17.9. The van der Waals surface area contributed by atoms with E-state index in [1.165, 1.54) is 0 Å². The smallest absolute Gasteiger partial charge is 0.227 e. The summed E-state index contributed by atoms with van der Waals surface area (Å²) in [5, 5.41) is 2.95. The molecule has 132 valence electrons. The van der Waals surface area contributed by atoms with Crippen LogP contribution in [0, 0.1) is 5.92 Å². The van der Waals surface area contributed by atoms with Gasteiger partial charge in [0.1, 0.15) is 0 Å². The molecule has 0 spiro atoms. The van der Waals surface area contributed by atoms with Crippen LogP contribution in [-0.4, -0.2) is 30.4 Å². The summed E-state index contributed by atoms with van der Waals surface area (Å²) in [5.41, 5.74) is 7.32. The van der Waals surface area contributed by atoms with Crippen molar-refractivity contribution < 1.29 is 9.59 Å². The number of hydrogen-bond acceptors (Lipinski definition) is 3. The summed E-state index contributed by atoms with van der Waals surface area (Å²) in [6.45, 7) is 8.86.